The number of nitrogens with zero attached hydrogens (tertiary/aromatic N) is 2. The predicted molar refractivity (Wildman–Crippen MR) is 91.4 cm³/mol. The van der Waals surface area contributed by atoms with E-state index in [1.807, 2.05) is 30.3 Å². The van der Waals surface area contributed by atoms with Gasteiger partial charge in [0.05, 0.1) is 5.52 Å². The van der Waals surface area contributed by atoms with Crippen LogP contribution in [0.2, 0.25) is 0 Å². The molecular weight excluding hydrogens is 322 g/mol. The summed E-state index contributed by atoms with van der Waals surface area (Å²) in [7, 11) is 0. The van der Waals surface area contributed by atoms with Gasteiger partial charge in [-0.2, -0.15) is 0 Å². The van der Waals surface area contributed by atoms with E-state index in [9.17, 15) is 14.4 Å². The number of hydrogen-bond donors (Lipinski definition) is 1. The SMILES string of the molecule is C[C@H](OC(=O)/C=C\c1cccc2cccnc12)C(=O)N1CCNC1=O. The molecule has 1 fully saturated rings. The lowest BCUT2D eigenvalue weighted by molar-refractivity contribution is -0.153. The Kier molecular flexibility index (Phi) is 4.74. The molecule has 7 heteroatoms. The summed E-state index contributed by atoms with van der Waals surface area (Å²) in [5.74, 6) is -1.20. The van der Waals surface area contributed by atoms with Crippen molar-refractivity contribution < 1.29 is 19.1 Å². The third-order valence-electron chi connectivity index (χ3n) is 3.83. The van der Waals surface area contributed by atoms with Crippen LogP contribution >= 0.6 is 0 Å². The number of rotatable bonds is 4. The number of ether oxygens (including phenoxy) is 1. The van der Waals surface area contributed by atoms with Crippen molar-refractivity contribution in [2.45, 2.75) is 13.0 Å². The molecule has 0 spiro atoms. The Labute approximate surface area is 144 Å². The second-order valence-corrected chi connectivity index (χ2v) is 5.56. The molecule has 1 aliphatic heterocycles. The van der Waals surface area contributed by atoms with Crippen LogP contribution in [0.4, 0.5) is 4.79 Å². The van der Waals surface area contributed by atoms with Crippen molar-refractivity contribution in [1.29, 1.82) is 0 Å². The van der Waals surface area contributed by atoms with E-state index in [-0.39, 0.29) is 6.54 Å². The molecule has 7 nitrogen and oxygen atoms in total. The molecule has 1 aromatic heterocycles. The topological polar surface area (TPSA) is 88.6 Å². The van der Waals surface area contributed by atoms with E-state index in [0.29, 0.717) is 6.54 Å². The number of amides is 3. The molecule has 1 atom stereocenters. The summed E-state index contributed by atoms with van der Waals surface area (Å²) < 4.78 is 5.09. The lowest BCUT2D eigenvalue weighted by Gasteiger charge is -2.17. The number of hydrogen-bond acceptors (Lipinski definition) is 5. The molecule has 25 heavy (non-hydrogen) atoms. The number of carbonyl (C=O) groups is 3. The molecule has 0 aliphatic carbocycles. The van der Waals surface area contributed by atoms with Gasteiger partial charge in [0.25, 0.3) is 5.91 Å². The molecule has 1 aliphatic rings. The molecular formula is C18H17N3O4. The maximum Gasteiger partial charge on any atom is 0.331 e. The average molecular weight is 339 g/mol. The van der Waals surface area contributed by atoms with Crippen molar-refractivity contribution in [3.05, 3.63) is 48.2 Å². The van der Waals surface area contributed by atoms with Crippen LogP contribution in [-0.2, 0) is 14.3 Å². The molecule has 1 N–H and O–H groups in total. The van der Waals surface area contributed by atoms with E-state index in [4.69, 9.17) is 4.74 Å². The summed E-state index contributed by atoms with van der Waals surface area (Å²) in [5.41, 5.74) is 1.54. The molecule has 3 rings (SSSR count). The molecule has 0 bridgehead atoms. The zero-order valence-corrected chi connectivity index (χ0v) is 13.6. The lowest BCUT2D eigenvalue weighted by atomic mass is 10.1. The van der Waals surface area contributed by atoms with Crippen LogP contribution in [0, 0.1) is 0 Å². The zero-order chi connectivity index (χ0) is 17.8. The van der Waals surface area contributed by atoms with Crippen molar-refractivity contribution in [2.24, 2.45) is 0 Å². The molecule has 1 saturated heterocycles. The van der Waals surface area contributed by atoms with Crippen LogP contribution in [0.15, 0.2) is 42.6 Å². The first-order chi connectivity index (χ1) is 12.1. The largest absolute Gasteiger partial charge is 0.449 e. The highest BCUT2D eigenvalue weighted by Gasteiger charge is 2.31. The fraction of sp³-hybridized carbons (Fsp3) is 0.222. The minimum atomic E-state index is -1.04. The van der Waals surface area contributed by atoms with Crippen molar-refractivity contribution >= 4 is 34.9 Å². The predicted octanol–water partition coefficient (Wildman–Crippen LogP) is 1.73. The summed E-state index contributed by atoms with van der Waals surface area (Å²) >= 11 is 0. The highest BCUT2D eigenvalue weighted by atomic mass is 16.5. The van der Waals surface area contributed by atoms with Crippen molar-refractivity contribution in [3.8, 4) is 0 Å². The smallest absolute Gasteiger partial charge is 0.331 e. The molecule has 1 aromatic carbocycles. The van der Waals surface area contributed by atoms with Gasteiger partial charge in [-0.05, 0) is 19.1 Å². The van der Waals surface area contributed by atoms with E-state index in [1.54, 1.807) is 12.3 Å². The lowest BCUT2D eigenvalue weighted by Crippen LogP contribution is -2.41. The molecule has 2 aromatic rings. The number of esters is 1. The minimum Gasteiger partial charge on any atom is -0.449 e. The Balaban J connectivity index is 1.66. The van der Waals surface area contributed by atoms with Crippen LogP contribution in [0.5, 0.6) is 0 Å². The molecule has 0 saturated carbocycles. The Morgan fingerprint density at radius 1 is 1.32 bits per heavy atom. The first kappa shape index (κ1) is 16.6. The summed E-state index contributed by atoms with van der Waals surface area (Å²) in [4.78, 5) is 40.9. The molecule has 0 radical (unpaired) electrons. The quantitative estimate of drug-likeness (QED) is 0.677. The number of pyridine rings is 1. The summed E-state index contributed by atoms with van der Waals surface area (Å²) in [5, 5.41) is 3.49. The first-order valence-corrected chi connectivity index (χ1v) is 7.88. The number of urea groups is 1. The van der Waals surface area contributed by atoms with Gasteiger partial charge in [-0.15, -0.1) is 0 Å². The second kappa shape index (κ2) is 7.12. The van der Waals surface area contributed by atoms with Gasteiger partial charge in [0, 0.05) is 36.3 Å². The first-order valence-electron chi connectivity index (χ1n) is 7.88. The van der Waals surface area contributed by atoms with Crippen molar-refractivity contribution in [3.63, 3.8) is 0 Å². The summed E-state index contributed by atoms with van der Waals surface area (Å²) in [6.45, 7) is 2.12. The standard InChI is InChI=1S/C18H17N3O4/c1-12(17(23)21-11-10-20-18(21)24)25-15(22)8-7-14-5-2-4-13-6-3-9-19-16(13)14/h2-9,12H,10-11H2,1H3,(H,20,24)/b8-7-/t12-/m0/s1. The van der Waals surface area contributed by atoms with E-state index in [1.165, 1.54) is 13.0 Å². The highest BCUT2D eigenvalue weighted by Crippen LogP contribution is 2.17. The second-order valence-electron chi connectivity index (χ2n) is 5.56. The molecule has 128 valence electrons. The van der Waals surface area contributed by atoms with Gasteiger partial charge < -0.3 is 10.1 Å². The Morgan fingerprint density at radius 3 is 2.88 bits per heavy atom. The molecule has 2 heterocycles. The van der Waals surface area contributed by atoms with Crippen LogP contribution in [0.3, 0.4) is 0 Å². The summed E-state index contributed by atoms with van der Waals surface area (Å²) in [6, 6.07) is 8.94. The third kappa shape index (κ3) is 3.65. The van der Waals surface area contributed by atoms with Gasteiger partial charge in [0.15, 0.2) is 6.10 Å². The highest BCUT2D eigenvalue weighted by molar-refractivity contribution is 5.99. The number of carbonyl (C=O) groups excluding carboxylic acids is 3. The van der Waals surface area contributed by atoms with Crippen LogP contribution in [0.1, 0.15) is 12.5 Å². The van der Waals surface area contributed by atoms with Gasteiger partial charge in [0.1, 0.15) is 0 Å². The van der Waals surface area contributed by atoms with E-state index in [2.05, 4.69) is 10.3 Å². The Morgan fingerprint density at radius 2 is 2.12 bits per heavy atom. The van der Waals surface area contributed by atoms with E-state index >= 15 is 0 Å². The number of fused-ring (bicyclic) bond motifs is 1. The number of benzene rings is 1. The molecule has 0 unspecified atom stereocenters. The normalized spacial score (nSPS) is 15.4. The zero-order valence-electron chi connectivity index (χ0n) is 13.6. The van der Waals surface area contributed by atoms with Gasteiger partial charge in [0.2, 0.25) is 0 Å². The fourth-order valence-corrected chi connectivity index (χ4v) is 2.59. The van der Waals surface area contributed by atoms with E-state index < -0.39 is 24.0 Å². The fourth-order valence-electron chi connectivity index (χ4n) is 2.59. The maximum absolute atomic E-state index is 12.1. The average Bonchev–Trinajstić information content (AvgIpc) is 3.05. The Hall–Kier alpha value is -3.22. The van der Waals surface area contributed by atoms with E-state index in [0.717, 1.165) is 21.4 Å². The summed E-state index contributed by atoms with van der Waals surface area (Å²) in [6.07, 6.45) is 3.49. The van der Waals surface area contributed by atoms with Gasteiger partial charge >= 0.3 is 12.0 Å². The third-order valence-corrected chi connectivity index (χ3v) is 3.83. The van der Waals surface area contributed by atoms with Crippen LogP contribution in [-0.4, -0.2) is 47.0 Å². The van der Waals surface area contributed by atoms with Gasteiger partial charge in [-0.1, -0.05) is 24.3 Å². The Bertz CT molecular complexity index is 857. The minimum absolute atomic E-state index is 0.275. The number of imide groups is 1. The van der Waals surface area contributed by atoms with Crippen LogP contribution in [0.25, 0.3) is 17.0 Å². The number of nitrogens with one attached hydrogen (secondary N) is 1. The van der Waals surface area contributed by atoms with Gasteiger partial charge in [-0.25, -0.2) is 9.59 Å². The monoisotopic (exact) mass is 339 g/mol. The molecule has 3 amide bonds. The van der Waals surface area contributed by atoms with Crippen LogP contribution < -0.4 is 5.32 Å². The van der Waals surface area contributed by atoms with Crippen molar-refractivity contribution in [2.75, 3.05) is 13.1 Å². The van der Waals surface area contributed by atoms with Crippen molar-refractivity contribution in [1.82, 2.24) is 15.2 Å². The van der Waals surface area contributed by atoms with Gasteiger partial charge in [-0.3, -0.25) is 14.7 Å². The maximum atomic E-state index is 12.1. The number of aromatic nitrogens is 1. The number of para-hydroxylation sites is 1.